The van der Waals surface area contributed by atoms with Gasteiger partial charge in [-0.3, -0.25) is 0 Å². The molecule has 1 aromatic carbocycles. The van der Waals surface area contributed by atoms with Crippen LogP contribution in [0.5, 0.6) is 5.75 Å². The van der Waals surface area contributed by atoms with Crippen molar-refractivity contribution in [3.8, 4) is 5.75 Å². The molecule has 0 aliphatic carbocycles. The normalized spacial score (nSPS) is 10.4. The number of phenols is 1. The molecule has 1 rings (SSSR count). The second-order valence-corrected chi connectivity index (χ2v) is 3.39. The zero-order chi connectivity index (χ0) is 10.6. The number of hydrogen-bond donors (Lipinski definition) is 3. The summed E-state index contributed by atoms with van der Waals surface area (Å²) in [7, 11) is 0. The largest absolute Gasteiger partial charge is 0.507 e. The molecule has 0 atom stereocenters. The van der Waals surface area contributed by atoms with Crippen molar-refractivity contribution in [3.63, 3.8) is 0 Å². The van der Waals surface area contributed by atoms with Gasteiger partial charge in [0.15, 0.2) is 0 Å². The SMILES string of the molecule is NC(N)=NN=Cc1cc(Br)ccc1O. The minimum absolute atomic E-state index is 0.114. The molecule has 5 N–H and O–H groups in total. The van der Waals surface area contributed by atoms with Crippen LogP contribution in [0.4, 0.5) is 0 Å². The Bertz CT molecular complexity index is 385. The topological polar surface area (TPSA) is 97.0 Å². The first-order chi connectivity index (χ1) is 6.59. The highest BCUT2D eigenvalue weighted by Crippen LogP contribution is 2.19. The summed E-state index contributed by atoms with van der Waals surface area (Å²) in [4.78, 5) is 0. The quantitative estimate of drug-likeness (QED) is 0.414. The van der Waals surface area contributed by atoms with E-state index in [4.69, 9.17) is 11.5 Å². The second-order valence-electron chi connectivity index (χ2n) is 2.47. The molecule has 74 valence electrons. The zero-order valence-corrected chi connectivity index (χ0v) is 8.77. The van der Waals surface area contributed by atoms with E-state index in [1.807, 2.05) is 0 Å². The van der Waals surface area contributed by atoms with Crippen LogP contribution in [-0.4, -0.2) is 17.3 Å². The maximum atomic E-state index is 9.38. The van der Waals surface area contributed by atoms with Crippen LogP contribution in [0.1, 0.15) is 5.56 Å². The molecule has 0 aliphatic rings. The van der Waals surface area contributed by atoms with E-state index in [2.05, 4.69) is 26.1 Å². The van der Waals surface area contributed by atoms with E-state index in [1.165, 1.54) is 6.21 Å². The Hall–Kier alpha value is -1.56. The fourth-order valence-corrected chi connectivity index (χ4v) is 1.17. The van der Waals surface area contributed by atoms with Crippen molar-refractivity contribution in [2.45, 2.75) is 0 Å². The molecule has 0 unspecified atom stereocenters. The molecule has 1 aromatic rings. The van der Waals surface area contributed by atoms with Gasteiger partial charge in [0.1, 0.15) is 5.75 Å². The smallest absolute Gasteiger partial charge is 0.211 e. The summed E-state index contributed by atoms with van der Waals surface area (Å²) in [6.07, 6.45) is 1.36. The molecular formula is C8H9BrN4O. The summed E-state index contributed by atoms with van der Waals surface area (Å²) in [5.41, 5.74) is 10.7. The molecule has 6 heteroatoms. The lowest BCUT2D eigenvalue weighted by molar-refractivity contribution is 0.474. The minimum atomic E-state index is -0.129. The molecule has 0 bridgehead atoms. The average molecular weight is 257 g/mol. The van der Waals surface area contributed by atoms with E-state index in [9.17, 15) is 5.11 Å². The Balaban J connectivity index is 2.91. The van der Waals surface area contributed by atoms with Gasteiger partial charge in [0, 0.05) is 10.0 Å². The summed E-state index contributed by atoms with van der Waals surface area (Å²) < 4.78 is 0.835. The summed E-state index contributed by atoms with van der Waals surface area (Å²) in [6.45, 7) is 0. The van der Waals surface area contributed by atoms with Crippen LogP contribution in [-0.2, 0) is 0 Å². The molecule has 0 fully saturated rings. The minimum Gasteiger partial charge on any atom is -0.507 e. The molecule has 0 radical (unpaired) electrons. The van der Waals surface area contributed by atoms with Crippen LogP contribution < -0.4 is 11.5 Å². The molecule has 14 heavy (non-hydrogen) atoms. The highest BCUT2D eigenvalue weighted by Gasteiger charge is 1.97. The van der Waals surface area contributed by atoms with Crippen molar-refractivity contribution in [1.29, 1.82) is 0 Å². The Kier molecular flexibility index (Phi) is 3.47. The number of aromatic hydroxyl groups is 1. The van der Waals surface area contributed by atoms with Crippen LogP contribution >= 0.6 is 15.9 Å². The fraction of sp³-hybridized carbons (Fsp3) is 0. The van der Waals surface area contributed by atoms with Crippen LogP contribution in [0, 0.1) is 0 Å². The van der Waals surface area contributed by atoms with Crippen molar-refractivity contribution >= 4 is 28.1 Å². The highest BCUT2D eigenvalue weighted by molar-refractivity contribution is 9.10. The lowest BCUT2D eigenvalue weighted by Gasteiger charge is -1.97. The first kappa shape index (κ1) is 10.5. The van der Waals surface area contributed by atoms with E-state index in [0.717, 1.165) is 4.47 Å². The number of hydrogen-bond acceptors (Lipinski definition) is 3. The van der Waals surface area contributed by atoms with E-state index < -0.39 is 0 Å². The number of benzene rings is 1. The number of nitrogens with zero attached hydrogens (tertiary/aromatic N) is 2. The maximum Gasteiger partial charge on any atom is 0.211 e. The Morgan fingerprint density at radius 2 is 2.14 bits per heavy atom. The maximum absolute atomic E-state index is 9.38. The number of guanidine groups is 1. The Labute approximate surface area is 89.3 Å². The summed E-state index contributed by atoms with van der Waals surface area (Å²) in [5, 5.41) is 16.4. The van der Waals surface area contributed by atoms with E-state index in [0.29, 0.717) is 5.56 Å². The van der Waals surface area contributed by atoms with Crippen molar-refractivity contribution in [1.82, 2.24) is 0 Å². The van der Waals surface area contributed by atoms with Gasteiger partial charge in [-0.25, -0.2) is 0 Å². The molecular weight excluding hydrogens is 248 g/mol. The van der Waals surface area contributed by atoms with Crippen LogP contribution in [0.15, 0.2) is 32.9 Å². The third kappa shape index (κ3) is 3.06. The summed E-state index contributed by atoms with van der Waals surface area (Å²) >= 11 is 3.26. The van der Waals surface area contributed by atoms with E-state index in [-0.39, 0.29) is 11.7 Å². The number of halogens is 1. The van der Waals surface area contributed by atoms with Gasteiger partial charge < -0.3 is 16.6 Å². The van der Waals surface area contributed by atoms with Gasteiger partial charge in [0.05, 0.1) is 6.21 Å². The van der Waals surface area contributed by atoms with Crippen molar-refractivity contribution < 1.29 is 5.11 Å². The second kappa shape index (κ2) is 4.61. The van der Waals surface area contributed by atoms with Gasteiger partial charge in [-0.05, 0) is 18.2 Å². The van der Waals surface area contributed by atoms with Gasteiger partial charge in [0.25, 0.3) is 0 Å². The molecule has 0 spiro atoms. The Morgan fingerprint density at radius 3 is 2.79 bits per heavy atom. The van der Waals surface area contributed by atoms with Crippen molar-refractivity contribution in [3.05, 3.63) is 28.2 Å². The number of rotatable bonds is 2. The van der Waals surface area contributed by atoms with Gasteiger partial charge >= 0.3 is 0 Å². The molecule has 0 aromatic heterocycles. The van der Waals surface area contributed by atoms with Gasteiger partial charge in [-0.2, -0.15) is 5.10 Å². The fourth-order valence-electron chi connectivity index (χ4n) is 0.787. The first-order valence-corrected chi connectivity index (χ1v) is 4.49. The molecule has 0 saturated carbocycles. The first-order valence-electron chi connectivity index (χ1n) is 3.70. The van der Waals surface area contributed by atoms with Gasteiger partial charge in [-0.1, -0.05) is 15.9 Å². The molecule has 5 nitrogen and oxygen atoms in total. The number of nitrogens with two attached hydrogens (primary N) is 2. The van der Waals surface area contributed by atoms with Crippen molar-refractivity contribution in [2.75, 3.05) is 0 Å². The molecule has 0 aliphatic heterocycles. The molecule has 0 heterocycles. The monoisotopic (exact) mass is 256 g/mol. The highest BCUT2D eigenvalue weighted by atomic mass is 79.9. The standard InChI is InChI=1S/C8H9BrN4O/c9-6-1-2-7(14)5(3-6)4-12-13-8(10)11/h1-4,14H,(H4,10,11,13). The summed E-state index contributed by atoms with van der Waals surface area (Å²) in [5.74, 6) is -0.0153. The van der Waals surface area contributed by atoms with Crippen LogP contribution in [0.3, 0.4) is 0 Å². The third-order valence-electron chi connectivity index (χ3n) is 1.36. The predicted molar refractivity (Wildman–Crippen MR) is 59.2 cm³/mol. The lowest BCUT2D eigenvalue weighted by Crippen LogP contribution is -2.21. The van der Waals surface area contributed by atoms with Crippen LogP contribution in [0.2, 0.25) is 0 Å². The van der Waals surface area contributed by atoms with Crippen LogP contribution in [0.25, 0.3) is 0 Å². The average Bonchev–Trinajstić information content (AvgIpc) is 2.10. The summed E-state index contributed by atoms with van der Waals surface area (Å²) in [6, 6.07) is 4.95. The zero-order valence-electron chi connectivity index (χ0n) is 7.18. The van der Waals surface area contributed by atoms with E-state index >= 15 is 0 Å². The van der Waals surface area contributed by atoms with Gasteiger partial charge in [-0.15, -0.1) is 5.10 Å². The molecule has 0 saturated heterocycles. The number of phenolic OH excluding ortho intramolecular Hbond substituents is 1. The van der Waals surface area contributed by atoms with Gasteiger partial charge in [0.2, 0.25) is 5.96 Å². The molecule has 0 amide bonds. The predicted octanol–water partition coefficient (Wildman–Crippen LogP) is 0.762. The van der Waals surface area contributed by atoms with E-state index in [1.54, 1.807) is 18.2 Å². The third-order valence-corrected chi connectivity index (χ3v) is 1.85. The van der Waals surface area contributed by atoms with Crippen molar-refractivity contribution in [2.24, 2.45) is 21.7 Å². The Morgan fingerprint density at radius 1 is 1.43 bits per heavy atom. The lowest BCUT2D eigenvalue weighted by atomic mass is 10.2.